The first kappa shape index (κ1) is 31.5. The molecule has 13 heteroatoms. The van der Waals surface area contributed by atoms with Crippen LogP contribution in [0.1, 0.15) is 51.4 Å². The van der Waals surface area contributed by atoms with Gasteiger partial charge in [-0.15, -0.1) is 11.3 Å². The van der Waals surface area contributed by atoms with Gasteiger partial charge in [0.15, 0.2) is 16.5 Å². The van der Waals surface area contributed by atoms with Gasteiger partial charge in [0.05, 0.1) is 17.7 Å². The molecule has 2 saturated heterocycles. The molecule has 2 N–H and O–H groups in total. The number of benzene rings is 2. The number of aliphatic imine (C=N–C) groups is 1. The van der Waals surface area contributed by atoms with Crippen LogP contribution in [0.15, 0.2) is 64.2 Å². The number of rotatable bonds is 8. The van der Waals surface area contributed by atoms with Crippen molar-refractivity contribution in [2.75, 3.05) is 37.7 Å². The summed E-state index contributed by atoms with van der Waals surface area (Å²) in [5.74, 6) is -3.03. The van der Waals surface area contributed by atoms with Gasteiger partial charge in [0.1, 0.15) is 11.9 Å². The molecule has 0 aliphatic carbocycles. The largest absolute Gasteiger partial charge is 0.478 e. The van der Waals surface area contributed by atoms with Gasteiger partial charge in [0, 0.05) is 61.5 Å². The van der Waals surface area contributed by atoms with Crippen molar-refractivity contribution in [2.24, 2.45) is 10.9 Å². The van der Waals surface area contributed by atoms with Crippen LogP contribution < -0.4 is 10.2 Å². The zero-order chi connectivity index (χ0) is 32.7. The molecule has 2 aromatic carbocycles. The topological polar surface area (TPSA) is 124 Å². The van der Waals surface area contributed by atoms with E-state index in [1.165, 1.54) is 34.4 Å². The fourth-order valence-corrected chi connectivity index (χ4v) is 7.06. The molecule has 0 bridgehead atoms. The second kappa shape index (κ2) is 12.4. The van der Waals surface area contributed by atoms with Crippen LogP contribution in [0.2, 0.25) is 0 Å². The molecule has 0 spiro atoms. The number of carboxylic acid groups (broad SMARTS) is 1. The maximum Gasteiger partial charge on any atom is 0.338 e. The molecule has 3 atom stereocenters. The number of fused-ring (bicyclic) bond motifs is 1. The molecule has 46 heavy (non-hydrogen) atoms. The van der Waals surface area contributed by atoms with Crippen LogP contribution in [0.4, 0.5) is 14.5 Å². The Balaban J connectivity index is 1.33. The highest BCUT2D eigenvalue weighted by molar-refractivity contribution is 7.11. The minimum absolute atomic E-state index is 0.0557. The molecule has 6 rings (SSSR count). The minimum atomic E-state index is -2.11. The minimum Gasteiger partial charge on any atom is -0.478 e. The van der Waals surface area contributed by atoms with Gasteiger partial charge < -0.3 is 20.1 Å². The van der Waals surface area contributed by atoms with Crippen molar-refractivity contribution in [3.63, 3.8) is 0 Å². The molecule has 4 heterocycles. The second-order valence-electron chi connectivity index (χ2n) is 11.7. The van der Waals surface area contributed by atoms with Crippen LogP contribution >= 0.6 is 11.3 Å². The van der Waals surface area contributed by atoms with Gasteiger partial charge in [-0.2, -0.15) is 0 Å². The SMILES string of the molecule is CCOC(=O)C1=C(CN2CC[C@]3(F)C(=O)N(c4ccc(C)c(C(=O)O)c4)C[C@@H]3C2)NC(c2nccs2)=N[C@H]1c1ccc(F)cc1C. The van der Waals surface area contributed by atoms with E-state index in [-0.39, 0.29) is 50.3 Å². The fourth-order valence-electron chi connectivity index (χ4n) is 6.47. The summed E-state index contributed by atoms with van der Waals surface area (Å²) in [5, 5.41) is 15.3. The van der Waals surface area contributed by atoms with Crippen LogP contribution in [0.5, 0.6) is 0 Å². The molecule has 0 saturated carbocycles. The molecule has 240 valence electrons. The lowest BCUT2D eigenvalue weighted by molar-refractivity contribution is -0.139. The van der Waals surface area contributed by atoms with Crippen LogP contribution in [-0.2, 0) is 14.3 Å². The average Bonchev–Trinajstić information content (AvgIpc) is 3.64. The molecule has 2 fully saturated rings. The molecular weight excluding hydrogens is 616 g/mol. The number of amidine groups is 1. The van der Waals surface area contributed by atoms with E-state index < -0.39 is 41.3 Å². The zero-order valence-corrected chi connectivity index (χ0v) is 26.4. The molecule has 0 unspecified atom stereocenters. The molecule has 3 aromatic rings. The van der Waals surface area contributed by atoms with E-state index in [0.29, 0.717) is 38.9 Å². The number of piperidine rings is 1. The van der Waals surface area contributed by atoms with Crippen LogP contribution in [0, 0.1) is 25.6 Å². The zero-order valence-electron chi connectivity index (χ0n) is 25.5. The lowest BCUT2D eigenvalue weighted by Gasteiger charge is -2.38. The van der Waals surface area contributed by atoms with Gasteiger partial charge in [-0.3, -0.25) is 14.7 Å². The number of carbonyl (C=O) groups excluding carboxylic acids is 2. The summed E-state index contributed by atoms with van der Waals surface area (Å²) in [6, 6.07) is 8.18. The number of aromatic nitrogens is 1. The van der Waals surface area contributed by atoms with Crippen molar-refractivity contribution >= 4 is 40.7 Å². The number of halogens is 2. The number of aromatic carboxylic acids is 1. The van der Waals surface area contributed by atoms with Crippen LogP contribution in [0.3, 0.4) is 0 Å². The Kier molecular flexibility index (Phi) is 8.47. The molecule has 1 aromatic heterocycles. The van der Waals surface area contributed by atoms with Crippen molar-refractivity contribution in [3.05, 3.63) is 92.3 Å². The first-order valence-corrected chi connectivity index (χ1v) is 15.9. The van der Waals surface area contributed by atoms with Crippen LogP contribution in [0.25, 0.3) is 0 Å². The molecular formula is C33H33F2N5O5S. The number of carbonyl (C=O) groups is 3. The molecule has 3 aliphatic heterocycles. The highest BCUT2D eigenvalue weighted by atomic mass is 32.1. The number of carboxylic acids is 1. The maximum atomic E-state index is 16.4. The standard InChI is InChI=1S/C33H33F2N5O5S/c1-4-45-31(43)26-25(37-28(29-36-10-12-46-29)38-27(26)23-8-6-21(34)13-19(23)3)17-39-11-9-33(35)20(15-39)16-40(32(33)44)22-7-5-18(2)24(14-22)30(41)42/h5-8,10,12-14,20,27H,4,9,11,15-17H2,1-3H3,(H,37,38)(H,41,42)/t20-,27-,33+/m0/s1. The number of amides is 1. The Morgan fingerprint density at radius 1 is 1.17 bits per heavy atom. The predicted molar refractivity (Wildman–Crippen MR) is 168 cm³/mol. The Labute approximate surface area is 268 Å². The summed E-state index contributed by atoms with van der Waals surface area (Å²) in [5.41, 5.74) is 0.848. The van der Waals surface area contributed by atoms with Crippen molar-refractivity contribution < 1.29 is 33.0 Å². The van der Waals surface area contributed by atoms with E-state index in [4.69, 9.17) is 9.73 Å². The third kappa shape index (κ3) is 5.69. The number of nitrogens with zero attached hydrogens (tertiary/aromatic N) is 4. The Hall–Kier alpha value is -4.49. The highest BCUT2D eigenvalue weighted by Crippen LogP contribution is 2.42. The van der Waals surface area contributed by atoms with E-state index in [1.54, 1.807) is 45.2 Å². The first-order valence-electron chi connectivity index (χ1n) is 15.0. The first-order chi connectivity index (χ1) is 22.0. The van der Waals surface area contributed by atoms with E-state index in [9.17, 15) is 23.9 Å². The Bertz CT molecular complexity index is 1780. The van der Waals surface area contributed by atoms with Crippen molar-refractivity contribution in [1.82, 2.24) is 15.2 Å². The predicted octanol–water partition coefficient (Wildman–Crippen LogP) is 4.58. The van der Waals surface area contributed by atoms with Gasteiger partial charge in [0.2, 0.25) is 0 Å². The molecule has 3 aliphatic rings. The summed E-state index contributed by atoms with van der Waals surface area (Å²) in [7, 11) is 0. The van der Waals surface area contributed by atoms with Crippen molar-refractivity contribution in [3.8, 4) is 0 Å². The third-order valence-electron chi connectivity index (χ3n) is 8.85. The number of esters is 1. The van der Waals surface area contributed by atoms with E-state index in [2.05, 4.69) is 10.3 Å². The fraction of sp³-hybridized carbons (Fsp3) is 0.364. The quantitative estimate of drug-likeness (QED) is 0.340. The number of ether oxygens (including phenoxy) is 1. The van der Waals surface area contributed by atoms with E-state index >= 15 is 4.39 Å². The lowest BCUT2D eigenvalue weighted by Crippen LogP contribution is -2.52. The number of anilines is 1. The average molecular weight is 650 g/mol. The van der Waals surface area contributed by atoms with Gasteiger partial charge in [-0.25, -0.2) is 23.4 Å². The summed E-state index contributed by atoms with van der Waals surface area (Å²) in [4.78, 5) is 51.3. The van der Waals surface area contributed by atoms with E-state index in [0.717, 1.165) is 0 Å². The Morgan fingerprint density at radius 2 is 1.98 bits per heavy atom. The summed E-state index contributed by atoms with van der Waals surface area (Å²) >= 11 is 1.37. The summed E-state index contributed by atoms with van der Waals surface area (Å²) in [6.45, 7) is 5.97. The van der Waals surface area contributed by atoms with Gasteiger partial charge in [0.25, 0.3) is 5.91 Å². The number of hydrogen-bond acceptors (Lipinski definition) is 9. The Morgan fingerprint density at radius 3 is 2.67 bits per heavy atom. The van der Waals surface area contributed by atoms with Gasteiger partial charge in [-0.05, 0) is 61.7 Å². The number of alkyl halides is 1. The van der Waals surface area contributed by atoms with Crippen molar-refractivity contribution in [2.45, 2.75) is 38.9 Å². The summed E-state index contributed by atoms with van der Waals surface area (Å²) < 4.78 is 36.0. The second-order valence-corrected chi connectivity index (χ2v) is 12.6. The normalized spacial score (nSPS) is 23.2. The third-order valence-corrected chi connectivity index (χ3v) is 9.63. The monoisotopic (exact) mass is 649 g/mol. The van der Waals surface area contributed by atoms with Crippen LogP contribution in [-0.4, -0.2) is 77.1 Å². The van der Waals surface area contributed by atoms with Gasteiger partial charge in [-0.1, -0.05) is 12.1 Å². The number of thiazole rings is 1. The summed E-state index contributed by atoms with van der Waals surface area (Å²) in [6.07, 6.45) is 1.58. The number of nitrogens with one attached hydrogen (secondary N) is 1. The lowest BCUT2D eigenvalue weighted by atomic mass is 9.84. The number of aryl methyl sites for hydroxylation is 2. The highest BCUT2D eigenvalue weighted by Gasteiger charge is 2.57. The number of hydrogen-bond donors (Lipinski definition) is 2. The van der Waals surface area contributed by atoms with Crippen molar-refractivity contribution in [1.29, 1.82) is 0 Å². The van der Waals surface area contributed by atoms with Gasteiger partial charge >= 0.3 is 11.9 Å². The van der Waals surface area contributed by atoms with E-state index in [1.807, 2.05) is 10.3 Å². The maximum absolute atomic E-state index is 16.4. The smallest absolute Gasteiger partial charge is 0.338 e. The molecule has 0 radical (unpaired) electrons. The molecule has 10 nitrogen and oxygen atoms in total. The number of likely N-dealkylation sites (tertiary alicyclic amines) is 1. The molecule has 1 amide bonds.